The number of aromatic nitrogens is 1. The Kier molecular flexibility index (Phi) is 2.85. The normalized spacial score (nSPS) is 14.0. The van der Waals surface area contributed by atoms with Gasteiger partial charge in [0, 0.05) is 24.1 Å². The van der Waals surface area contributed by atoms with Gasteiger partial charge in [0.05, 0.1) is 0 Å². The summed E-state index contributed by atoms with van der Waals surface area (Å²) in [5, 5.41) is 3.20. The highest BCUT2D eigenvalue weighted by Crippen LogP contribution is 2.25. The highest BCUT2D eigenvalue weighted by molar-refractivity contribution is 5.75. The maximum absolute atomic E-state index is 5.66. The van der Waals surface area contributed by atoms with Gasteiger partial charge in [-0.05, 0) is 42.8 Å². The standard InChI is InChI=1S/C17H15N3O/c1-2-6-16-15(5-1)19-17(21-16)18-13-7-9-14(10-8-13)20-11-3-4-12-20/h1-3,5-11H,4,12H2,(H,18,19). The van der Waals surface area contributed by atoms with E-state index in [4.69, 9.17) is 4.42 Å². The lowest BCUT2D eigenvalue weighted by Crippen LogP contribution is -2.11. The Morgan fingerprint density at radius 1 is 1.05 bits per heavy atom. The highest BCUT2D eigenvalue weighted by atomic mass is 16.4. The molecule has 1 N–H and O–H groups in total. The monoisotopic (exact) mass is 277 g/mol. The third-order valence-corrected chi connectivity index (χ3v) is 3.57. The second-order valence-corrected chi connectivity index (χ2v) is 5.03. The quantitative estimate of drug-likeness (QED) is 0.775. The largest absolute Gasteiger partial charge is 0.423 e. The molecule has 1 aliphatic heterocycles. The van der Waals surface area contributed by atoms with E-state index in [0.29, 0.717) is 6.01 Å². The molecule has 0 spiro atoms. The molecule has 1 aromatic heterocycles. The number of fused-ring (bicyclic) bond motifs is 1. The van der Waals surface area contributed by atoms with Gasteiger partial charge >= 0.3 is 0 Å². The summed E-state index contributed by atoms with van der Waals surface area (Å²) in [6.45, 7) is 1.05. The van der Waals surface area contributed by atoms with E-state index in [2.05, 4.69) is 39.6 Å². The van der Waals surface area contributed by atoms with E-state index >= 15 is 0 Å². The SMILES string of the molecule is C1=CN(c2ccc(Nc3nc4ccccc4o3)cc2)CC1. The van der Waals surface area contributed by atoms with Gasteiger partial charge in [0.2, 0.25) is 0 Å². The van der Waals surface area contributed by atoms with E-state index in [1.165, 1.54) is 5.69 Å². The number of anilines is 3. The second kappa shape index (κ2) is 4.98. The Bertz CT molecular complexity index is 756. The van der Waals surface area contributed by atoms with Gasteiger partial charge in [0.1, 0.15) is 5.52 Å². The molecular formula is C17H15N3O. The number of benzene rings is 2. The summed E-state index contributed by atoms with van der Waals surface area (Å²) in [6.07, 6.45) is 5.43. The number of oxazole rings is 1. The van der Waals surface area contributed by atoms with Gasteiger partial charge in [-0.25, -0.2) is 0 Å². The molecule has 4 heteroatoms. The molecular weight excluding hydrogens is 262 g/mol. The van der Waals surface area contributed by atoms with Gasteiger partial charge in [0.15, 0.2) is 5.58 Å². The van der Waals surface area contributed by atoms with E-state index in [9.17, 15) is 0 Å². The van der Waals surface area contributed by atoms with Crippen LogP contribution in [0.25, 0.3) is 11.1 Å². The maximum atomic E-state index is 5.66. The van der Waals surface area contributed by atoms with E-state index < -0.39 is 0 Å². The van der Waals surface area contributed by atoms with Crippen LogP contribution in [-0.2, 0) is 0 Å². The van der Waals surface area contributed by atoms with E-state index in [0.717, 1.165) is 29.8 Å². The first-order chi connectivity index (χ1) is 10.4. The molecule has 4 rings (SSSR count). The van der Waals surface area contributed by atoms with Gasteiger partial charge in [-0.3, -0.25) is 0 Å². The van der Waals surface area contributed by atoms with Crippen molar-refractivity contribution >= 4 is 28.5 Å². The Balaban J connectivity index is 1.55. The first-order valence-corrected chi connectivity index (χ1v) is 7.04. The van der Waals surface area contributed by atoms with Crippen LogP contribution in [0.4, 0.5) is 17.4 Å². The zero-order chi connectivity index (χ0) is 14.1. The lowest BCUT2D eigenvalue weighted by molar-refractivity contribution is 0.623. The predicted molar refractivity (Wildman–Crippen MR) is 84.8 cm³/mol. The lowest BCUT2D eigenvalue weighted by Gasteiger charge is -2.15. The number of hydrogen-bond donors (Lipinski definition) is 1. The van der Waals surface area contributed by atoms with Crippen molar-refractivity contribution in [3.05, 3.63) is 60.8 Å². The number of hydrogen-bond acceptors (Lipinski definition) is 4. The molecule has 0 radical (unpaired) electrons. The molecule has 0 bridgehead atoms. The summed E-state index contributed by atoms with van der Waals surface area (Å²) in [5.41, 5.74) is 3.82. The number of nitrogens with one attached hydrogen (secondary N) is 1. The van der Waals surface area contributed by atoms with Gasteiger partial charge in [-0.1, -0.05) is 18.2 Å². The van der Waals surface area contributed by atoms with Crippen LogP contribution in [0.2, 0.25) is 0 Å². The fraction of sp³-hybridized carbons (Fsp3) is 0.118. The first-order valence-electron chi connectivity index (χ1n) is 7.04. The molecule has 2 aromatic carbocycles. The van der Waals surface area contributed by atoms with Crippen LogP contribution in [0.5, 0.6) is 0 Å². The Labute approximate surface area is 122 Å². The summed E-state index contributed by atoms with van der Waals surface area (Å²) in [5.74, 6) is 0. The second-order valence-electron chi connectivity index (χ2n) is 5.03. The lowest BCUT2D eigenvalue weighted by atomic mass is 10.2. The maximum Gasteiger partial charge on any atom is 0.300 e. The van der Waals surface area contributed by atoms with Crippen LogP contribution in [0, 0.1) is 0 Å². The molecule has 1 aliphatic rings. The Morgan fingerprint density at radius 2 is 1.90 bits per heavy atom. The van der Waals surface area contributed by atoms with Crippen molar-refractivity contribution in [2.75, 3.05) is 16.8 Å². The minimum Gasteiger partial charge on any atom is -0.423 e. The summed E-state index contributed by atoms with van der Waals surface area (Å²) < 4.78 is 5.66. The van der Waals surface area contributed by atoms with Crippen LogP contribution in [0.1, 0.15) is 6.42 Å². The van der Waals surface area contributed by atoms with E-state index in [-0.39, 0.29) is 0 Å². The molecule has 0 saturated carbocycles. The molecule has 0 fully saturated rings. The average Bonchev–Trinajstić information content (AvgIpc) is 3.17. The fourth-order valence-electron chi connectivity index (χ4n) is 2.49. The predicted octanol–water partition coefficient (Wildman–Crippen LogP) is 4.30. The van der Waals surface area contributed by atoms with Gasteiger partial charge < -0.3 is 14.6 Å². The van der Waals surface area contributed by atoms with Crippen molar-refractivity contribution in [2.24, 2.45) is 0 Å². The highest BCUT2D eigenvalue weighted by Gasteiger charge is 2.08. The van der Waals surface area contributed by atoms with Crippen molar-refractivity contribution in [2.45, 2.75) is 6.42 Å². The van der Waals surface area contributed by atoms with Crippen LogP contribution in [0.15, 0.2) is 65.2 Å². The van der Waals surface area contributed by atoms with Crippen molar-refractivity contribution in [3.63, 3.8) is 0 Å². The molecule has 3 aromatic rings. The summed E-state index contributed by atoms with van der Waals surface area (Å²) in [4.78, 5) is 6.65. The number of para-hydroxylation sites is 2. The zero-order valence-electron chi connectivity index (χ0n) is 11.5. The van der Waals surface area contributed by atoms with Gasteiger partial charge in [-0.2, -0.15) is 4.98 Å². The van der Waals surface area contributed by atoms with Gasteiger partial charge in [-0.15, -0.1) is 0 Å². The third-order valence-electron chi connectivity index (χ3n) is 3.57. The number of nitrogens with zero attached hydrogens (tertiary/aromatic N) is 2. The van der Waals surface area contributed by atoms with Crippen LogP contribution >= 0.6 is 0 Å². The first kappa shape index (κ1) is 12.0. The summed E-state index contributed by atoms with van der Waals surface area (Å²) >= 11 is 0. The molecule has 0 amide bonds. The average molecular weight is 277 g/mol. The molecule has 4 nitrogen and oxygen atoms in total. The van der Waals surface area contributed by atoms with Crippen LogP contribution in [-0.4, -0.2) is 11.5 Å². The van der Waals surface area contributed by atoms with Crippen molar-refractivity contribution in [3.8, 4) is 0 Å². The molecule has 104 valence electrons. The van der Waals surface area contributed by atoms with Crippen molar-refractivity contribution in [1.29, 1.82) is 0 Å². The summed E-state index contributed by atoms with van der Waals surface area (Å²) in [7, 11) is 0. The minimum absolute atomic E-state index is 0.519. The van der Waals surface area contributed by atoms with Crippen molar-refractivity contribution < 1.29 is 4.42 Å². The molecule has 2 heterocycles. The fourth-order valence-corrected chi connectivity index (χ4v) is 2.49. The van der Waals surface area contributed by atoms with E-state index in [1.54, 1.807) is 0 Å². The summed E-state index contributed by atoms with van der Waals surface area (Å²) in [6, 6.07) is 16.5. The van der Waals surface area contributed by atoms with Crippen molar-refractivity contribution in [1.82, 2.24) is 4.98 Å². The third kappa shape index (κ3) is 2.36. The molecule has 21 heavy (non-hydrogen) atoms. The molecule has 0 atom stereocenters. The van der Waals surface area contributed by atoms with E-state index in [1.807, 2.05) is 36.4 Å². The Hall–Kier alpha value is -2.75. The topological polar surface area (TPSA) is 41.3 Å². The van der Waals surface area contributed by atoms with Gasteiger partial charge in [0.25, 0.3) is 6.01 Å². The van der Waals surface area contributed by atoms with Crippen LogP contribution in [0.3, 0.4) is 0 Å². The smallest absolute Gasteiger partial charge is 0.300 e. The zero-order valence-corrected chi connectivity index (χ0v) is 11.5. The van der Waals surface area contributed by atoms with Crippen LogP contribution < -0.4 is 10.2 Å². The molecule has 0 aliphatic carbocycles. The number of rotatable bonds is 3. The Morgan fingerprint density at radius 3 is 2.67 bits per heavy atom. The minimum atomic E-state index is 0.519. The molecule has 0 saturated heterocycles. The molecule has 0 unspecified atom stereocenters.